The van der Waals surface area contributed by atoms with Gasteiger partial charge in [0, 0.05) is 6.20 Å². The summed E-state index contributed by atoms with van der Waals surface area (Å²) in [7, 11) is 0. The van der Waals surface area contributed by atoms with E-state index in [1.807, 2.05) is 54.6 Å². The number of carbonyl (C=O) groups is 2. The van der Waals surface area contributed by atoms with Gasteiger partial charge >= 0.3 is 0 Å². The molecule has 1 atom stereocenters. The second-order valence-corrected chi connectivity index (χ2v) is 6.71. The van der Waals surface area contributed by atoms with Crippen molar-refractivity contribution in [3.05, 3.63) is 84.4 Å². The normalized spacial score (nSPS) is 12.6. The van der Waals surface area contributed by atoms with E-state index in [1.54, 1.807) is 12.3 Å². The van der Waals surface area contributed by atoms with E-state index in [1.165, 1.54) is 18.7 Å². The first kappa shape index (κ1) is 21.1. The zero-order chi connectivity index (χ0) is 21.4. The molecule has 3 rings (SSSR count). The molecule has 154 valence electrons. The van der Waals surface area contributed by atoms with Gasteiger partial charge in [-0.2, -0.15) is 0 Å². The molecule has 0 spiro atoms. The zero-order valence-electron chi connectivity index (χ0n) is 16.4. The van der Waals surface area contributed by atoms with Gasteiger partial charge in [-0.05, 0) is 29.7 Å². The molecule has 2 amide bonds. The highest BCUT2D eigenvalue weighted by molar-refractivity contribution is 6.07. The van der Waals surface area contributed by atoms with Crippen molar-refractivity contribution in [1.82, 2.24) is 20.8 Å². The van der Waals surface area contributed by atoms with E-state index in [2.05, 4.69) is 15.3 Å². The van der Waals surface area contributed by atoms with Crippen LogP contribution in [0.15, 0.2) is 73.2 Å². The lowest BCUT2D eigenvalue weighted by Gasteiger charge is -2.26. The van der Waals surface area contributed by atoms with Crippen LogP contribution in [0.1, 0.15) is 18.2 Å². The Morgan fingerprint density at radius 2 is 1.70 bits per heavy atom. The summed E-state index contributed by atoms with van der Waals surface area (Å²) in [6, 6.07) is 19.1. The Kier molecular flexibility index (Phi) is 6.84. The van der Waals surface area contributed by atoms with Crippen molar-refractivity contribution in [2.45, 2.75) is 25.7 Å². The highest BCUT2D eigenvalue weighted by atomic mass is 16.5. The predicted octanol–water partition coefficient (Wildman–Crippen LogP) is 2.24. The number of nitrogens with zero attached hydrogens (tertiary/aromatic N) is 2. The van der Waals surface area contributed by atoms with E-state index in [-0.39, 0.29) is 13.2 Å². The fourth-order valence-electron chi connectivity index (χ4n) is 2.75. The molecule has 0 saturated heterocycles. The van der Waals surface area contributed by atoms with Crippen molar-refractivity contribution in [1.29, 1.82) is 0 Å². The summed E-state index contributed by atoms with van der Waals surface area (Å²) in [4.78, 5) is 32.6. The average Bonchev–Trinajstić information content (AvgIpc) is 2.82. The van der Waals surface area contributed by atoms with Crippen molar-refractivity contribution in [2.24, 2.45) is 0 Å². The fraction of sp³-hybridized carbons (Fsp3) is 0.182. The van der Waals surface area contributed by atoms with Gasteiger partial charge in [0.1, 0.15) is 6.33 Å². The molecule has 8 nitrogen and oxygen atoms in total. The molecule has 0 aliphatic carbocycles. The van der Waals surface area contributed by atoms with Crippen molar-refractivity contribution in [2.75, 3.05) is 0 Å². The van der Waals surface area contributed by atoms with Crippen molar-refractivity contribution in [3.63, 3.8) is 0 Å². The van der Waals surface area contributed by atoms with E-state index < -0.39 is 17.4 Å². The Morgan fingerprint density at radius 3 is 2.33 bits per heavy atom. The Hall–Kier alpha value is -3.62. The number of ether oxygens (including phenoxy) is 1. The van der Waals surface area contributed by atoms with Crippen LogP contribution in [0.4, 0.5) is 0 Å². The minimum absolute atomic E-state index is 0.0000827. The van der Waals surface area contributed by atoms with Crippen molar-refractivity contribution < 1.29 is 19.5 Å². The number of carbonyl (C=O) groups excluding carboxylic acids is 2. The van der Waals surface area contributed by atoms with Crippen LogP contribution in [0.3, 0.4) is 0 Å². The summed E-state index contributed by atoms with van der Waals surface area (Å²) in [6.45, 7) is 1.39. The van der Waals surface area contributed by atoms with Crippen LogP contribution in [0.25, 0.3) is 11.1 Å². The van der Waals surface area contributed by atoms with Gasteiger partial charge in [0.25, 0.3) is 11.8 Å². The molecule has 0 saturated carbocycles. The number of aromatic nitrogens is 2. The smallest absolute Gasteiger partial charge is 0.285 e. The topological polar surface area (TPSA) is 113 Å². The van der Waals surface area contributed by atoms with Crippen LogP contribution in [0, 0.1) is 0 Å². The maximum atomic E-state index is 12.6. The largest absolute Gasteiger partial charge is 0.351 e. The Bertz CT molecular complexity index is 981. The second kappa shape index (κ2) is 9.73. The molecule has 1 heterocycles. The van der Waals surface area contributed by atoms with Gasteiger partial charge in [0.15, 0.2) is 0 Å². The van der Waals surface area contributed by atoms with Gasteiger partial charge in [0.05, 0.1) is 18.8 Å². The van der Waals surface area contributed by atoms with Gasteiger partial charge in [-0.1, -0.05) is 54.6 Å². The van der Waals surface area contributed by atoms with E-state index in [0.29, 0.717) is 5.69 Å². The molecule has 0 radical (unpaired) electrons. The molecular formula is C22H22N4O4. The summed E-state index contributed by atoms with van der Waals surface area (Å²) in [6.07, 6.45) is 2.90. The minimum Gasteiger partial charge on any atom is -0.351 e. The van der Waals surface area contributed by atoms with E-state index >= 15 is 0 Å². The van der Waals surface area contributed by atoms with Gasteiger partial charge in [-0.15, -0.1) is 0 Å². The lowest BCUT2D eigenvalue weighted by molar-refractivity contribution is -0.166. The highest BCUT2D eigenvalue weighted by Crippen LogP contribution is 2.21. The molecular weight excluding hydrogens is 384 g/mol. The molecule has 1 unspecified atom stereocenters. The first-order valence-electron chi connectivity index (χ1n) is 9.29. The van der Waals surface area contributed by atoms with Gasteiger partial charge in [-0.25, -0.2) is 15.4 Å². The summed E-state index contributed by atoms with van der Waals surface area (Å²) >= 11 is 0. The average molecular weight is 406 g/mol. The number of nitrogens with one attached hydrogen (secondary N) is 2. The van der Waals surface area contributed by atoms with Crippen LogP contribution < -0.4 is 10.8 Å². The zero-order valence-corrected chi connectivity index (χ0v) is 16.4. The molecule has 1 aromatic heterocycles. The Labute approximate surface area is 173 Å². The lowest BCUT2D eigenvalue weighted by Crippen LogP contribution is -2.56. The number of amides is 2. The summed E-state index contributed by atoms with van der Waals surface area (Å²) in [5.74, 6) is -1.67. The SMILES string of the molecule is CC(OCc1ccc(-c2ccccc2)cc1)(C(=O)NO)C(=O)NCc1ccncn1. The summed E-state index contributed by atoms with van der Waals surface area (Å²) < 4.78 is 5.65. The van der Waals surface area contributed by atoms with Crippen LogP contribution in [0.5, 0.6) is 0 Å². The number of benzene rings is 2. The molecule has 2 aromatic carbocycles. The molecule has 3 aromatic rings. The molecule has 8 heteroatoms. The quantitative estimate of drug-likeness (QED) is 0.300. The van der Waals surface area contributed by atoms with Crippen molar-refractivity contribution in [3.8, 4) is 11.1 Å². The van der Waals surface area contributed by atoms with Crippen LogP contribution in [-0.4, -0.2) is 32.6 Å². The maximum Gasteiger partial charge on any atom is 0.285 e. The van der Waals surface area contributed by atoms with E-state index in [9.17, 15) is 9.59 Å². The van der Waals surface area contributed by atoms with E-state index in [4.69, 9.17) is 9.94 Å². The monoisotopic (exact) mass is 406 g/mol. The van der Waals surface area contributed by atoms with Gasteiger partial charge < -0.3 is 10.1 Å². The van der Waals surface area contributed by atoms with Crippen molar-refractivity contribution >= 4 is 11.8 Å². The van der Waals surface area contributed by atoms with Gasteiger partial charge in [-0.3, -0.25) is 14.8 Å². The predicted molar refractivity (Wildman–Crippen MR) is 109 cm³/mol. The molecule has 0 fully saturated rings. The number of hydrogen-bond acceptors (Lipinski definition) is 6. The first-order valence-corrected chi connectivity index (χ1v) is 9.29. The molecule has 0 aliphatic heterocycles. The summed E-state index contributed by atoms with van der Waals surface area (Å²) in [5.41, 5.74) is 3.04. The Morgan fingerprint density at radius 1 is 1.00 bits per heavy atom. The second-order valence-electron chi connectivity index (χ2n) is 6.71. The highest BCUT2D eigenvalue weighted by Gasteiger charge is 2.42. The third-order valence-corrected chi connectivity index (χ3v) is 4.63. The third-order valence-electron chi connectivity index (χ3n) is 4.63. The fourth-order valence-corrected chi connectivity index (χ4v) is 2.75. The molecule has 0 bridgehead atoms. The first-order chi connectivity index (χ1) is 14.5. The van der Waals surface area contributed by atoms with Crippen LogP contribution in [0.2, 0.25) is 0 Å². The maximum absolute atomic E-state index is 12.6. The van der Waals surface area contributed by atoms with Crippen LogP contribution in [-0.2, 0) is 27.5 Å². The molecule has 30 heavy (non-hydrogen) atoms. The van der Waals surface area contributed by atoms with Gasteiger partial charge in [0.2, 0.25) is 5.60 Å². The molecule has 0 aliphatic rings. The lowest BCUT2D eigenvalue weighted by atomic mass is 10.0. The van der Waals surface area contributed by atoms with Crippen LogP contribution >= 0.6 is 0 Å². The van der Waals surface area contributed by atoms with E-state index in [0.717, 1.165) is 16.7 Å². The third kappa shape index (κ3) is 5.05. The standard InChI is InChI=1S/C22H22N4O4/c1-22(21(28)26-29,20(27)24-13-19-11-12-23-15-25-19)30-14-16-7-9-18(10-8-16)17-5-3-2-4-6-17/h2-12,15,29H,13-14H2,1H3,(H,24,27)(H,26,28). The summed E-state index contributed by atoms with van der Waals surface area (Å²) in [5, 5.41) is 11.7. The Balaban J connectivity index is 1.66. The minimum atomic E-state index is -1.93. The molecule has 3 N–H and O–H groups in total. The number of hydroxylamine groups is 1. The number of hydrogen-bond donors (Lipinski definition) is 3. The number of rotatable bonds is 8.